The molecule has 0 bridgehead atoms. The first-order chi connectivity index (χ1) is 9.01. The van der Waals surface area contributed by atoms with Crippen LogP contribution in [0.4, 0.5) is 21.5 Å². The summed E-state index contributed by atoms with van der Waals surface area (Å²) in [6.45, 7) is 0. The van der Waals surface area contributed by atoms with Crippen molar-refractivity contribution in [1.29, 1.82) is 5.26 Å². The molecule has 2 aromatic carbocycles. The van der Waals surface area contributed by atoms with Gasteiger partial charge in [-0.15, -0.1) is 0 Å². The van der Waals surface area contributed by atoms with E-state index in [4.69, 9.17) is 22.6 Å². The Morgan fingerprint density at radius 2 is 2.05 bits per heavy atom. The lowest BCUT2D eigenvalue weighted by atomic mass is 10.1. The largest absolute Gasteiger partial charge is 0.399 e. The Kier molecular flexibility index (Phi) is 3.93. The zero-order chi connectivity index (χ0) is 14.0. The normalized spacial score (nSPS) is 10.0. The van der Waals surface area contributed by atoms with Crippen molar-refractivity contribution in [3.8, 4) is 6.07 Å². The number of hydrogen-bond acceptors (Lipinski definition) is 3. The molecule has 96 valence electrons. The molecule has 3 N–H and O–H groups in total. The number of nitrogens with one attached hydrogen (secondary N) is 1. The van der Waals surface area contributed by atoms with Crippen LogP contribution in [0.25, 0.3) is 0 Å². The summed E-state index contributed by atoms with van der Waals surface area (Å²) in [6.07, 6.45) is 0. The van der Waals surface area contributed by atoms with Gasteiger partial charge in [0.1, 0.15) is 11.9 Å². The lowest BCUT2D eigenvalue weighted by Crippen LogP contribution is -1.97. The molecule has 0 aliphatic heterocycles. The van der Waals surface area contributed by atoms with Crippen molar-refractivity contribution in [3.05, 3.63) is 51.2 Å². The Balaban J connectivity index is 2.45. The molecule has 0 aliphatic rings. The van der Waals surface area contributed by atoms with Crippen molar-refractivity contribution in [2.75, 3.05) is 11.1 Å². The highest BCUT2D eigenvalue weighted by Gasteiger charge is 2.10. The fourth-order valence-corrected chi connectivity index (χ4v) is 2.46. The van der Waals surface area contributed by atoms with E-state index in [-0.39, 0.29) is 5.02 Å². The van der Waals surface area contributed by atoms with Crippen molar-refractivity contribution < 1.29 is 4.39 Å². The number of benzene rings is 2. The Hall–Kier alpha value is -1.77. The lowest BCUT2D eigenvalue weighted by molar-refractivity contribution is 0.627. The van der Waals surface area contributed by atoms with E-state index in [0.29, 0.717) is 27.1 Å². The van der Waals surface area contributed by atoms with Gasteiger partial charge in [0.2, 0.25) is 0 Å². The highest BCUT2D eigenvalue weighted by Crippen LogP contribution is 2.35. The predicted molar refractivity (Wildman–Crippen MR) is 78.0 cm³/mol. The van der Waals surface area contributed by atoms with Crippen LogP contribution < -0.4 is 11.1 Å². The van der Waals surface area contributed by atoms with Gasteiger partial charge in [0.05, 0.1) is 22.0 Å². The third-order valence-electron chi connectivity index (χ3n) is 2.43. The summed E-state index contributed by atoms with van der Waals surface area (Å²) in [4.78, 5) is 0. The van der Waals surface area contributed by atoms with Gasteiger partial charge in [0.15, 0.2) is 0 Å². The highest BCUT2D eigenvalue weighted by atomic mass is 79.9. The summed E-state index contributed by atoms with van der Waals surface area (Å²) >= 11 is 9.19. The van der Waals surface area contributed by atoms with Gasteiger partial charge in [-0.1, -0.05) is 11.6 Å². The van der Waals surface area contributed by atoms with E-state index in [2.05, 4.69) is 21.2 Å². The van der Waals surface area contributed by atoms with E-state index in [9.17, 15) is 4.39 Å². The molecule has 3 nitrogen and oxygen atoms in total. The van der Waals surface area contributed by atoms with Crippen LogP contribution in [0.15, 0.2) is 34.8 Å². The highest BCUT2D eigenvalue weighted by molar-refractivity contribution is 9.10. The van der Waals surface area contributed by atoms with E-state index in [1.165, 1.54) is 12.1 Å². The summed E-state index contributed by atoms with van der Waals surface area (Å²) in [5.74, 6) is -0.444. The molecule has 6 heteroatoms. The molecule has 0 amide bonds. The van der Waals surface area contributed by atoms with Crippen LogP contribution in [0, 0.1) is 17.1 Å². The molecule has 0 radical (unpaired) electrons. The van der Waals surface area contributed by atoms with Gasteiger partial charge in [-0.25, -0.2) is 4.39 Å². The van der Waals surface area contributed by atoms with E-state index in [1.54, 1.807) is 18.2 Å². The zero-order valence-corrected chi connectivity index (χ0v) is 11.9. The molecule has 0 unspecified atom stereocenters. The molecule has 0 heterocycles. The Morgan fingerprint density at radius 3 is 2.68 bits per heavy atom. The first kappa shape index (κ1) is 13.7. The zero-order valence-electron chi connectivity index (χ0n) is 9.55. The van der Waals surface area contributed by atoms with Gasteiger partial charge in [0.25, 0.3) is 0 Å². The fourth-order valence-electron chi connectivity index (χ4n) is 1.56. The molecule has 0 saturated heterocycles. The third-order valence-corrected chi connectivity index (χ3v) is 3.35. The van der Waals surface area contributed by atoms with Crippen molar-refractivity contribution in [3.63, 3.8) is 0 Å². The number of nitrogens with zero attached hydrogens (tertiary/aromatic N) is 1. The number of anilines is 3. The SMILES string of the molecule is N#Cc1cc(N)ccc1Nc1c(Cl)cc(F)cc1Br. The van der Waals surface area contributed by atoms with Crippen LogP contribution in [0.2, 0.25) is 5.02 Å². The molecule has 0 atom stereocenters. The van der Waals surface area contributed by atoms with E-state index in [0.717, 1.165) is 0 Å². The molecule has 0 saturated carbocycles. The summed E-state index contributed by atoms with van der Waals surface area (Å²) in [7, 11) is 0. The number of rotatable bonds is 2. The minimum absolute atomic E-state index is 0.215. The summed E-state index contributed by atoms with van der Waals surface area (Å²) < 4.78 is 13.6. The second-order valence-electron chi connectivity index (χ2n) is 3.79. The van der Waals surface area contributed by atoms with Crippen molar-refractivity contribution >= 4 is 44.6 Å². The number of hydrogen-bond donors (Lipinski definition) is 2. The monoisotopic (exact) mass is 339 g/mol. The molecule has 19 heavy (non-hydrogen) atoms. The van der Waals surface area contributed by atoms with Crippen LogP contribution in [-0.4, -0.2) is 0 Å². The Morgan fingerprint density at radius 1 is 1.32 bits per heavy atom. The average molecular weight is 341 g/mol. The molecular weight excluding hydrogens is 333 g/mol. The first-order valence-electron chi connectivity index (χ1n) is 5.22. The third kappa shape index (κ3) is 2.98. The standard InChI is InChI=1S/C13H8BrClFN3/c14-10-4-8(16)5-11(15)13(10)19-12-2-1-9(18)3-7(12)6-17/h1-5,19H,18H2. The molecule has 0 spiro atoms. The maximum atomic E-state index is 13.1. The van der Waals surface area contributed by atoms with Crippen LogP contribution in [0.1, 0.15) is 5.56 Å². The van der Waals surface area contributed by atoms with Gasteiger partial charge in [-0.3, -0.25) is 0 Å². The fraction of sp³-hybridized carbons (Fsp3) is 0. The molecule has 0 aliphatic carbocycles. The first-order valence-corrected chi connectivity index (χ1v) is 6.39. The second-order valence-corrected chi connectivity index (χ2v) is 5.05. The smallest absolute Gasteiger partial charge is 0.125 e. The van der Waals surface area contributed by atoms with Crippen LogP contribution >= 0.6 is 27.5 Å². The maximum absolute atomic E-state index is 13.1. The van der Waals surface area contributed by atoms with Crippen molar-refractivity contribution in [2.45, 2.75) is 0 Å². The van der Waals surface area contributed by atoms with Gasteiger partial charge < -0.3 is 11.1 Å². The predicted octanol–water partition coefficient (Wildman–Crippen LogP) is 4.44. The Labute approximate surface area is 122 Å². The Bertz CT molecular complexity index is 659. The number of nitrogens with two attached hydrogens (primary N) is 1. The summed E-state index contributed by atoms with van der Waals surface area (Å²) in [5, 5.41) is 12.3. The number of nitriles is 1. The average Bonchev–Trinajstić information content (AvgIpc) is 2.35. The van der Waals surface area contributed by atoms with Crippen LogP contribution in [-0.2, 0) is 0 Å². The lowest BCUT2D eigenvalue weighted by Gasteiger charge is -2.12. The van der Waals surface area contributed by atoms with Gasteiger partial charge in [-0.05, 0) is 46.3 Å². The van der Waals surface area contributed by atoms with Crippen molar-refractivity contribution in [1.82, 2.24) is 0 Å². The minimum Gasteiger partial charge on any atom is -0.399 e. The molecule has 2 aromatic rings. The molecular formula is C13H8BrClFN3. The van der Waals surface area contributed by atoms with Gasteiger partial charge in [0, 0.05) is 10.2 Å². The molecule has 0 aromatic heterocycles. The van der Waals surface area contributed by atoms with E-state index < -0.39 is 5.82 Å². The number of halogens is 3. The molecule has 2 rings (SSSR count). The number of nitrogen functional groups attached to an aromatic ring is 1. The summed E-state index contributed by atoms with van der Waals surface area (Å²) in [5.41, 5.74) is 7.52. The van der Waals surface area contributed by atoms with Crippen LogP contribution in [0.5, 0.6) is 0 Å². The van der Waals surface area contributed by atoms with Gasteiger partial charge >= 0.3 is 0 Å². The van der Waals surface area contributed by atoms with E-state index >= 15 is 0 Å². The maximum Gasteiger partial charge on any atom is 0.125 e. The van der Waals surface area contributed by atoms with Gasteiger partial charge in [-0.2, -0.15) is 5.26 Å². The minimum atomic E-state index is -0.444. The quantitative estimate of drug-likeness (QED) is 0.795. The van der Waals surface area contributed by atoms with Crippen molar-refractivity contribution in [2.24, 2.45) is 0 Å². The second kappa shape index (κ2) is 5.47. The van der Waals surface area contributed by atoms with Crippen LogP contribution in [0.3, 0.4) is 0 Å². The molecule has 0 fully saturated rings. The van der Waals surface area contributed by atoms with E-state index in [1.807, 2.05) is 6.07 Å². The topological polar surface area (TPSA) is 61.8 Å². The summed E-state index contributed by atoms with van der Waals surface area (Å²) in [6, 6.07) is 9.39.